The lowest BCUT2D eigenvalue weighted by atomic mass is 10.0. The Morgan fingerprint density at radius 3 is 2.64 bits per heavy atom. The first-order valence-corrected chi connectivity index (χ1v) is 8.51. The molecule has 0 atom stereocenters. The fourth-order valence-electron chi connectivity index (χ4n) is 2.96. The van der Waals surface area contributed by atoms with Crippen LogP contribution in [0.15, 0.2) is 24.3 Å². The zero-order valence-corrected chi connectivity index (χ0v) is 13.5. The van der Waals surface area contributed by atoms with Crippen molar-refractivity contribution in [3.63, 3.8) is 0 Å². The van der Waals surface area contributed by atoms with Crippen LogP contribution in [0.5, 0.6) is 5.75 Å². The van der Waals surface area contributed by atoms with E-state index in [1.165, 1.54) is 12.8 Å². The van der Waals surface area contributed by atoms with Crippen LogP contribution < -0.4 is 10.1 Å². The molecule has 0 aromatic heterocycles. The highest BCUT2D eigenvalue weighted by atomic mass is 35.5. The third kappa shape index (κ3) is 4.37. The molecule has 1 aromatic rings. The van der Waals surface area contributed by atoms with Gasteiger partial charge < -0.3 is 15.0 Å². The van der Waals surface area contributed by atoms with Gasteiger partial charge >= 0.3 is 0 Å². The number of benzene rings is 1. The standard InChI is InChI=1S/C17H23ClN2O2/c18-15-3-1-2-4-16(15)22-12-9-17(21)19-13-7-10-20(11-8-13)14-5-6-14/h1-4,13-14H,5-12H2,(H,19,21). The van der Waals surface area contributed by atoms with Gasteiger partial charge in [0, 0.05) is 25.2 Å². The van der Waals surface area contributed by atoms with Crippen molar-refractivity contribution < 1.29 is 9.53 Å². The molecule has 120 valence electrons. The van der Waals surface area contributed by atoms with Crippen LogP contribution in [-0.4, -0.2) is 42.6 Å². The van der Waals surface area contributed by atoms with E-state index in [9.17, 15) is 4.79 Å². The van der Waals surface area contributed by atoms with E-state index in [4.69, 9.17) is 16.3 Å². The second kappa shape index (κ2) is 7.34. The first kappa shape index (κ1) is 15.6. The normalized spacial score (nSPS) is 19.9. The minimum atomic E-state index is 0.0666. The summed E-state index contributed by atoms with van der Waals surface area (Å²) in [6.45, 7) is 2.59. The lowest BCUT2D eigenvalue weighted by Gasteiger charge is -2.32. The number of amides is 1. The molecular formula is C17H23ClN2O2. The van der Waals surface area contributed by atoms with Gasteiger partial charge in [0.25, 0.3) is 0 Å². The van der Waals surface area contributed by atoms with Crippen molar-refractivity contribution in [3.8, 4) is 5.75 Å². The molecule has 1 aromatic carbocycles. The molecule has 0 spiro atoms. The summed E-state index contributed by atoms with van der Waals surface area (Å²) in [5.74, 6) is 0.701. The molecule has 0 radical (unpaired) electrons. The highest BCUT2D eigenvalue weighted by molar-refractivity contribution is 6.32. The molecule has 1 N–H and O–H groups in total. The van der Waals surface area contributed by atoms with Gasteiger partial charge in [-0.25, -0.2) is 0 Å². The van der Waals surface area contributed by atoms with Gasteiger partial charge in [0.2, 0.25) is 5.91 Å². The first-order chi connectivity index (χ1) is 10.7. The molecule has 3 rings (SSSR count). The zero-order chi connectivity index (χ0) is 15.4. The maximum absolute atomic E-state index is 12.0. The van der Waals surface area contributed by atoms with Gasteiger partial charge in [-0.15, -0.1) is 0 Å². The van der Waals surface area contributed by atoms with E-state index in [-0.39, 0.29) is 5.91 Å². The summed E-state index contributed by atoms with van der Waals surface area (Å²) in [7, 11) is 0. The SMILES string of the molecule is O=C(CCOc1ccccc1Cl)NC1CCN(C2CC2)CC1. The van der Waals surface area contributed by atoms with Gasteiger partial charge in [-0.2, -0.15) is 0 Å². The predicted octanol–water partition coefficient (Wildman–Crippen LogP) is 2.85. The van der Waals surface area contributed by atoms with E-state index < -0.39 is 0 Å². The number of carbonyl (C=O) groups is 1. The Kier molecular flexibility index (Phi) is 5.21. The Morgan fingerprint density at radius 1 is 1.23 bits per heavy atom. The Hall–Kier alpha value is -1.26. The number of halogens is 1. The third-order valence-electron chi connectivity index (χ3n) is 4.38. The molecule has 22 heavy (non-hydrogen) atoms. The molecule has 1 heterocycles. The van der Waals surface area contributed by atoms with E-state index >= 15 is 0 Å². The van der Waals surface area contributed by atoms with Gasteiger partial charge in [0.05, 0.1) is 18.1 Å². The molecule has 1 aliphatic carbocycles. The molecule has 0 unspecified atom stereocenters. The molecule has 1 saturated carbocycles. The van der Waals surface area contributed by atoms with Crippen LogP contribution in [0.25, 0.3) is 0 Å². The average molecular weight is 323 g/mol. The molecule has 1 aliphatic heterocycles. The number of likely N-dealkylation sites (tertiary alicyclic amines) is 1. The number of nitrogens with one attached hydrogen (secondary N) is 1. The van der Waals surface area contributed by atoms with Gasteiger partial charge in [0.1, 0.15) is 5.75 Å². The molecule has 5 heteroatoms. The lowest BCUT2D eigenvalue weighted by molar-refractivity contribution is -0.122. The van der Waals surface area contributed by atoms with Crippen molar-refractivity contribution in [3.05, 3.63) is 29.3 Å². The van der Waals surface area contributed by atoms with E-state index in [1.807, 2.05) is 18.2 Å². The van der Waals surface area contributed by atoms with Gasteiger partial charge in [-0.1, -0.05) is 23.7 Å². The monoisotopic (exact) mass is 322 g/mol. The van der Waals surface area contributed by atoms with Gasteiger partial charge in [-0.05, 0) is 37.8 Å². The summed E-state index contributed by atoms with van der Waals surface area (Å²) in [6.07, 6.45) is 5.21. The number of hydrogen-bond acceptors (Lipinski definition) is 3. The highest BCUT2D eigenvalue weighted by Gasteiger charge is 2.31. The van der Waals surface area contributed by atoms with Crippen LogP contribution in [0.3, 0.4) is 0 Å². The van der Waals surface area contributed by atoms with Crippen molar-refractivity contribution >= 4 is 17.5 Å². The molecule has 0 bridgehead atoms. The van der Waals surface area contributed by atoms with Crippen LogP contribution in [0, 0.1) is 0 Å². The fraction of sp³-hybridized carbons (Fsp3) is 0.588. The van der Waals surface area contributed by atoms with Crippen LogP contribution in [0.4, 0.5) is 0 Å². The second-order valence-corrected chi connectivity index (χ2v) is 6.55. The second-order valence-electron chi connectivity index (χ2n) is 6.14. The highest BCUT2D eigenvalue weighted by Crippen LogP contribution is 2.29. The van der Waals surface area contributed by atoms with Crippen molar-refractivity contribution in [2.24, 2.45) is 0 Å². The quantitative estimate of drug-likeness (QED) is 0.875. The average Bonchev–Trinajstić information content (AvgIpc) is 3.35. The molecule has 2 aliphatic rings. The van der Waals surface area contributed by atoms with Crippen LogP contribution in [0.1, 0.15) is 32.1 Å². The van der Waals surface area contributed by atoms with Crippen molar-refractivity contribution in [1.29, 1.82) is 0 Å². The molecule has 4 nitrogen and oxygen atoms in total. The van der Waals surface area contributed by atoms with Crippen LogP contribution >= 0.6 is 11.6 Å². The van der Waals surface area contributed by atoms with E-state index in [0.717, 1.165) is 32.0 Å². The predicted molar refractivity (Wildman–Crippen MR) is 87.3 cm³/mol. The summed E-state index contributed by atoms with van der Waals surface area (Å²) < 4.78 is 5.55. The number of para-hydroxylation sites is 1. The lowest BCUT2D eigenvalue weighted by Crippen LogP contribution is -2.45. The number of hydrogen-bond donors (Lipinski definition) is 1. The Bertz CT molecular complexity index is 511. The summed E-state index contributed by atoms with van der Waals surface area (Å²) in [5.41, 5.74) is 0. The Labute approximate surface area is 136 Å². The largest absolute Gasteiger partial charge is 0.491 e. The van der Waals surface area contributed by atoms with Gasteiger partial charge in [-0.3, -0.25) is 4.79 Å². The van der Waals surface area contributed by atoms with Crippen molar-refractivity contribution in [2.45, 2.75) is 44.2 Å². The van der Waals surface area contributed by atoms with Crippen molar-refractivity contribution in [2.75, 3.05) is 19.7 Å². The first-order valence-electron chi connectivity index (χ1n) is 8.13. The minimum absolute atomic E-state index is 0.0666. The number of carbonyl (C=O) groups excluding carboxylic acids is 1. The molecule has 1 saturated heterocycles. The van der Waals surface area contributed by atoms with Gasteiger partial charge in [0.15, 0.2) is 0 Å². The zero-order valence-electron chi connectivity index (χ0n) is 12.8. The number of nitrogens with zero attached hydrogens (tertiary/aromatic N) is 1. The Balaban J connectivity index is 1.33. The number of rotatable bonds is 6. The smallest absolute Gasteiger partial charge is 0.223 e. The summed E-state index contributed by atoms with van der Waals surface area (Å²) in [6, 6.07) is 8.48. The maximum atomic E-state index is 12.0. The summed E-state index contributed by atoms with van der Waals surface area (Å²) >= 11 is 6.01. The minimum Gasteiger partial charge on any atom is -0.491 e. The topological polar surface area (TPSA) is 41.6 Å². The number of piperidine rings is 1. The van der Waals surface area contributed by atoms with Crippen LogP contribution in [-0.2, 0) is 4.79 Å². The summed E-state index contributed by atoms with van der Waals surface area (Å²) in [5, 5.41) is 3.70. The molecular weight excluding hydrogens is 300 g/mol. The van der Waals surface area contributed by atoms with E-state index in [0.29, 0.717) is 29.8 Å². The fourth-order valence-corrected chi connectivity index (χ4v) is 3.15. The maximum Gasteiger partial charge on any atom is 0.223 e. The van der Waals surface area contributed by atoms with Crippen molar-refractivity contribution in [1.82, 2.24) is 10.2 Å². The molecule has 2 fully saturated rings. The Morgan fingerprint density at radius 2 is 1.95 bits per heavy atom. The molecule has 1 amide bonds. The van der Waals surface area contributed by atoms with E-state index in [2.05, 4.69) is 10.2 Å². The summed E-state index contributed by atoms with van der Waals surface area (Å²) in [4.78, 5) is 14.5. The number of ether oxygens (including phenoxy) is 1. The van der Waals surface area contributed by atoms with Crippen LogP contribution in [0.2, 0.25) is 5.02 Å². The van der Waals surface area contributed by atoms with E-state index in [1.54, 1.807) is 6.07 Å². The third-order valence-corrected chi connectivity index (χ3v) is 4.69.